The van der Waals surface area contributed by atoms with Gasteiger partial charge in [-0.15, -0.1) is 0 Å². The number of piperazine rings is 1. The van der Waals surface area contributed by atoms with E-state index in [1.54, 1.807) is 14.2 Å². The van der Waals surface area contributed by atoms with Gasteiger partial charge in [0, 0.05) is 39.1 Å². The van der Waals surface area contributed by atoms with Crippen LogP contribution in [-0.4, -0.2) is 62.7 Å². The van der Waals surface area contributed by atoms with Crippen LogP contribution in [-0.2, 0) is 17.6 Å². The molecule has 0 spiro atoms. The minimum absolute atomic E-state index is 0.243. The maximum absolute atomic E-state index is 12.6. The first kappa shape index (κ1) is 20.2. The number of hydrogen-bond donors (Lipinski definition) is 0. The van der Waals surface area contributed by atoms with Gasteiger partial charge in [-0.1, -0.05) is 30.3 Å². The number of ether oxygens (including phenoxy) is 2. The lowest BCUT2D eigenvalue weighted by molar-refractivity contribution is -0.132. The van der Waals surface area contributed by atoms with Gasteiger partial charge in [-0.3, -0.25) is 9.69 Å². The van der Waals surface area contributed by atoms with Gasteiger partial charge in [0.1, 0.15) is 11.5 Å². The van der Waals surface area contributed by atoms with Gasteiger partial charge in [0.15, 0.2) is 0 Å². The molecule has 0 bridgehead atoms. The van der Waals surface area contributed by atoms with Crippen LogP contribution in [0.3, 0.4) is 0 Å². The predicted molar refractivity (Wildman–Crippen MR) is 111 cm³/mol. The topological polar surface area (TPSA) is 42.0 Å². The Morgan fingerprint density at radius 2 is 1.71 bits per heavy atom. The molecule has 5 heteroatoms. The summed E-state index contributed by atoms with van der Waals surface area (Å²) in [7, 11) is 3.38. The quantitative estimate of drug-likeness (QED) is 0.704. The fraction of sp³-hybridized carbons (Fsp3) is 0.435. The van der Waals surface area contributed by atoms with Crippen LogP contribution >= 0.6 is 0 Å². The minimum Gasteiger partial charge on any atom is -0.497 e. The van der Waals surface area contributed by atoms with Crippen molar-refractivity contribution in [1.29, 1.82) is 0 Å². The molecule has 0 aliphatic carbocycles. The fourth-order valence-corrected chi connectivity index (χ4v) is 3.65. The smallest absolute Gasteiger partial charge is 0.222 e. The molecular weight excluding hydrogens is 352 g/mol. The number of aryl methyl sites for hydroxylation is 1. The van der Waals surface area contributed by atoms with Gasteiger partial charge in [-0.2, -0.15) is 0 Å². The molecule has 5 nitrogen and oxygen atoms in total. The Morgan fingerprint density at radius 1 is 0.929 bits per heavy atom. The second kappa shape index (κ2) is 10.1. The molecule has 0 N–H and O–H groups in total. The first-order valence-corrected chi connectivity index (χ1v) is 9.94. The van der Waals surface area contributed by atoms with Crippen molar-refractivity contribution in [2.45, 2.75) is 19.3 Å². The van der Waals surface area contributed by atoms with Gasteiger partial charge in [-0.05, 0) is 42.2 Å². The van der Waals surface area contributed by atoms with Crippen LogP contribution < -0.4 is 9.47 Å². The van der Waals surface area contributed by atoms with E-state index in [1.165, 1.54) is 5.56 Å². The molecule has 0 aromatic heterocycles. The van der Waals surface area contributed by atoms with Crippen molar-refractivity contribution < 1.29 is 14.3 Å². The summed E-state index contributed by atoms with van der Waals surface area (Å²) in [6.07, 6.45) is 2.27. The van der Waals surface area contributed by atoms with Crippen molar-refractivity contribution in [3.8, 4) is 11.5 Å². The van der Waals surface area contributed by atoms with E-state index in [9.17, 15) is 4.79 Å². The fourth-order valence-electron chi connectivity index (χ4n) is 3.65. The van der Waals surface area contributed by atoms with Crippen molar-refractivity contribution in [2.75, 3.05) is 46.9 Å². The van der Waals surface area contributed by atoms with E-state index < -0.39 is 0 Å². The molecular formula is C23H30N2O3. The largest absolute Gasteiger partial charge is 0.497 e. The molecule has 1 aliphatic rings. The summed E-state index contributed by atoms with van der Waals surface area (Å²) in [5, 5.41) is 0. The van der Waals surface area contributed by atoms with Crippen LogP contribution in [0.25, 0.3) is 0 Å². The first-order chi connectivity index (χ1) is 13.7. The molecule has 1 fully saturated rings. The number of methoxy groups -OCH3 is 2. The van der Waals surface area contributed by atoms with Crippen LogP contribution in [0.1, 0.15) is 17.5 Å². The van der Waals surface area contributed by atoms with Crippen molar-refractivity contribution >= 4 is 5.91 Å². The van der Waals surface area contributed by atoms with E-state index in [4.69, 9.17) is 9.47 Å². The van der Waals surface area contributed by atoms with Crippen LogP contribution in [0.15, 0.2) is 48.5 Å². The summed E-state index contributed by atoms with van der Waals surface area (Å²) in [5.74, 6) is 2.04. The maximum atomic E-state index is 12.6. The molecule has 0 saturated carbocycles. The summed E-state index contributed by atoms with van der Waals surface area (Å²) in [6.45, 7) is 4.47. The van der Waals surface area contributed by atoms with Crippen molar-refractivity contribution in [3.63, 3.8) is 0 Å². The highest BCUT2D eigenvalue weighted by Crippen LogP contribution is 2.19. The summed E-state index contributed by atoms with van der Waals surface area (Å²) in [6, 6.07) is 16.1. The lowest BCUT2D eigenvalue weighted by atomic mass is 10.1. The summed E-state index contributed by atoms with van der Waals surface area (Å²) in [5.41, 5.74) is 2.38. The number of nitrogens with zero attached hydrogens (tertiary/aromatic N) is 2. The van der Waals surface area contributed by atoms with Crippen molar-refractivity contribution in [2.24, 2.45) is 0 Å². The molecule has 2 aromatic rings. The van der Waals surface area contributed by atoms with E-state index >= 15 is 0 Å². The average Bonchev–Trinajstić information content (AvgIpc) is 2.76. The monoisotopic (exact) mass is 382 g/mol. The van der Waals surface area contributed by atoms with E-state index in [0.29, 0.717) is 6.42 Å². The third kappa shape index (κ3) is 5.49. The number of carbonyl (C=O) groups excluding carboxylic acids is 1. The van der Waals surface area contributed by atoms with Crippen LogP contribution in [0.4, 0.5) is 0 Å². The zero-order chi connectivity index (χ0) is 19.8. The molecule has 150 valence electrons. The van der Waals surface area contributed by atoms with Gasteiger partial charge in [-0.25, -0.2) is 0 Å². The molecule has 0 radical (unpaired) electrons. The molecule has 3 rings (SSSR count). The van der Waals surface area contributed by atoms with Crippen LogP contribution in [0, 0.1) is 0 Å². The lowest BCUT2D eigenvalue weighted by Gasteiger charge is -2.35. The van der Waals surface area contributed by atoms with E-state index in [2.05, 4.69) is 17.0 Å². The standard InChI is InChI=1S/C23H30N2O3/c1-27-21-8-5-6-19(18-21)10-11-23(26)25-16-14-24(15-17-25)13-12-20-7-3-4-9-22(20)28-2/h3-9,18H,10-17H2,1-2H3. The van der Waals surface area contributed by atoms with E-state index in [1.807, 2.05) is 41.3 Å². The second-order valence-corrected chi connectivity index (χ2v) is 7.14. The van der Waals surface area contributed by atoms with Crippen molar-refractivity contribution in [1.82, 2.24) is 9.80 Å². The van der Waals surface area contributed by atoms with Crippen LogP contribution in [0.2, 0.25) is 0 Å². The molecule has 0 unspecified atom stereocenters. The Hall–Kier alpha value is -2.53. The molecule has 2 aromatic carbocycles. The van der Waals surface area contributed by atoms with Gasteiger partial charge in [0.25, 0.3) is 0 Å². The van der Waals surface area contributed by atoms with Gasteiger partial charge in [0.05, 0.1) is 14.2 Å². The normalized spacial score (nSPS) is 14.7. The highest BCUT2D eigenvalue weighted by atomic mass is 16.5. The third-order valence-electron chi connectivity index (χ3n) is 5.38. The Kier molecular flexibility index (Phi) is 7.31. The number of amides is 1. The predicted octanol–water partition coefficient (Wildman–Crippen LogP) is 3.02. The Labute approximate surface area is 167 Å². The van der Waals surface area contributed by atoms with Gasteiger partial charge < -0.3 is 14.4 Å². The van der Waals surface area contributed by atoms with Crippen molar-refractivity contribution in [3.05, 3.63) is 59.7 Å². The van der Waals surface area contributed by atoms with Crippen LogP contribution in [0.5, 0.6) is 11.5 Å². The van der Waals surface area contributed by atoms with E-state index in [0.717, 1.165) is 62.6 Å². The zero-order valence-corrected chi connectivity index (χ0v) is 16.9. The lowest BCUT2D eigenvalue weighted by Crippen LogP contribution is -2.49. The third-order valence-corrected chi connectivity index (χ3v) is 5.38. The highest BCUT2D eigenvalue weighted by Gasteiger charge is 2.20. The SMILES string of the molecule is COc1cccc(CCC(=O)N2CCN(CCc3ccccc3OC)CC2)c1. The molecule has 1 heterocycles. The Bertz CT molecular complexity index is 770. The molecule has 1 saturated heterocycles. The number of benzene rings is 2. The summed E-state index contributed by atoms with van der Waals surface area (Å²) < 4.78 is 10.7. The van der Waals surface area contributed by atoms with E-state index in [-0.39, 0.29) is 5.91 Å². The van der Waals surface area contributed by atoms with Gasteiger partial charge in [0.2, 0.25) is 5.91 Å². The molecule has 0 atom stereocenters. The number of rotatable bonds is 8. The maximum Gasteiger partial charge on any atom is 0.222 e. The molecule has 1 aliphatic heterocycles. The average molecular weight is 383 g/mol. The zero-order valence-electron chi connectivity index (χ0n) is 16.9. The first-order valence-electron chi connectivity index (χ1n) is 9.94. The number of hydrogen-bond acceptors (Lipinski definition) is 4. The number of para-hydroxylation sites is 1. The number of carbonyl (C=O) groups is 1. The molecule has 1 amide bonds. The Balaban J connectivity index is 1.41. The summed E-state index contributed by atoms with van der Waals surface area (Å²) >= 11 is 0. The Morgan fingerprint density at radius 3 is 2.46 bits per heavy atom. The second-order valence-electron chi connectivity index (χ2n) is 7.14. The summed E-state index contributed by atoms with van der Waals surface area (Å²) in [4.78, 5) is 17.0. The minimum atomic E-state index is 0.243. The van der Waals surface area contributed by atoms with Gasteiger partial charge >= 0.3 is 0 Å². The highest BCUT2D eigenvalue weighted by molar-refractivity contribution is 5.76. The molecule has 28 heavy (non-hydrogen) atoms.